The highest BCUT2D eigenvalue weighted by Gasteiger charge is 2.15. The van der Waals surface area contributed by atoms with Crippen molar-refractivity contribution in [1.29, 1.82) is 0 Å². The Balaban J connectivity index is 2.42. The Morgan fingerprint density at radius 1 is 1.41 bits per heavy atom. The number of hydrazine groups is 1. The van der Waals surface area contributed by atoms with E-state index in [4.69, 9.17) is 4.74 Å². The van der Waals surface area contributed by atoms with Gasteiger partial charge in [-0.05, 0) is 20.8 Å². The number of hydrogen-bond acceptors (Lipinski definition) is 5. The number of aromatic nitrogens is 2. The van der Waals surface area contributed by atoms with Crippen molar-refractivity contribution in [3.8, 4) is 0 Å². The van der Waals surface area contributed by atoms with Crippen molar-refractivity contribution >= 4 is 27.8 Å². The van der Waals surface area contributed by atoms with Gasteiger partial charge in [-0.15, -0.1) is 0 Å². The second-order valence-corrected chi connectivity index (χ2v) is 4.84. The summed E-state index contributed by atoms with van der Waals surface area (Å²) >= 11 is 3.26. The van der Waals surface area contributed by atoms with Crippen molar-refractivity contribution in [1.82, 2.24) is 15.4 Å². The van der Waals surface area contributed by atoms with E-state index in [0.717, 1.165) is 5.69 Å². The smallest absolute Gasteiger partial charge is 0.426 e. The molecule has 0 saturated heterocycles. The summed E-state index contributed by atoms with van der Waals surface area (Å²) in [6.07, 6.45) is 2.56. The first-order chi connectivity index (χ1) is 7.90. The third-order valence-electron chi connectivity index (χ3n) is 1.53. The van der Waals surface area contributed by atoms with E-state index in [0.29, 0.717) is 11.1 Å². The van der Waals surface area contributed by atoms with Crippen LogP contribution in [0.2, 0.25) is 0 Å². The molecule has 1 amide bonds. The molecule has 0 radical (unpaired) electrons. The Kier molecular flexibility index (Phi) is 4.68. The normalized spacial score (nSPS) is 10.8. The zero-order valence-corrected chi connectivity index (χ0v) is 11.5. The molecule has 0 aliphatic heterocycles. The number of halogens is 1. The lowest BCUT2D eigenvalue weighted by Crippen LogP contribution is -2.36. The molecule has 0 unspecified atom stereocenters. The van der Waals surface area contributed by atoms with Gasteiger partial charge in [-0.1, -0.05) is 15.9 Å². The van der Waals surface area contributed by atoms with Gasteiger partial charge < -0.3 is 4.74 Å². The third-order valence-corrected chi connectivity index (χ3v) is 2.11. The van der Waals surface area contributed by atoms with Crippen molar-refractivity contribution in [2.75, 3.05) is 5.43 Å². The van der Waals surface area contributed by atoms with Crippen molar-refractivity contribution in [2.45, 2.75) is 31.7 Å². The maximum absolute atomic E-state index is 11.3. The number of hydrogen-bond donors (Lipinski definition) is 2. The molecule has 0 atom stereocenters. The van der Waals surface area contributed by atoms with Gasteiger partial charge in [0.2, 0.25) is 0 Å². The van der Waals surface area contributed by atoms with Gasteiger partial charge >= 0.3 is 6.09 Å². The van der Waals surface area contributed by atoms with Gasteiger partial charge in [-0.25, -0.2) is 15.2 Å². The van der Waals surface area contributed by atoms with E-state index in [1.165, 1.54) is 6.20 Å². The number of anilines is 1. The largest absolute Gasteiger partial charge is 0.443 e. The molecule has 0 aromatic carbocycles. The van der Waals surface area contributed by atoms with Crippen LogP contribution in [0.25, 0.3) is 0 Å². The number of alkyl halides is 1. The van der Waals surface area contributed by atoms with Gasteiger partial charge in [0.25, 0.3) is 0 Å². The van der Waals surface area contributed by atoms with Crippen molar-refractivity contribution in [3.05, 3.63) is 18.1 Å². The molecule has 17 heavy (non-hydrogen) atoms. The number of ether oxygens (including phenoxy) is 1. The molecule has 0 aliphatic carbocycles. The van der Waals surface area contributed by atoms with Crippen LogP contribution in [-0.2, 0) is 10.1 Å². The summed E-state index contributed by atoms with van der Waals surface area (Å²) < 4.78 is 5.04. The molecule has 1 rings (SSSR count). The monoisotopic (exact) mass is 302 g/mol. The Morgan fingerprint density at radius 3 is 2.59 bits per heavy atom. The van der Waals surface area contributed by atoms with Crippen LogP contribution in [0.5, 0.6) is 0 Å². The Hall–Kier alpha value is -1.37. The number of nitrogens with zero attached hydrogens (tertiary/aromatic N) is 2. The van der Waals surface area contributed by atoms with Gasteiger partial charge in [0.05, 0.1) is 18.1 Å². The molecular weight excluding hydrogens is 288 g/mol. The maximum Gasteiger partial charge on any atom is 0.426 e. The molecule has 0 saturated carbocycles. The van der Waals surface area contributed by atoms with E-state index in [1.54, 1.807) is 27.0 Å². The molecule has 6 nitrogen and oxygen atoms in total. The van der Waals surface area contributed by atoms with Crippen molar-refractivity contribution in [2.24, 2.45) is 0 Å². The van der Waals surface area contributed by atoms with Crippen LogP contribution in [0.4, 0.5) is 10.6 Å². The molecule has 2 N–H and O–H groups in total. The molecule has 0 spiro atoms. The van der Waals surface area contributed by atoms with Crippen LogP contribution < -0.4 is 10.9 Å². The molecule has 0 bridgehead atoms. The predicted octanol–water partition coefficient (Wildman–Crippen LogP) is 2.22. The summed E-state index contributed by atoms with van der Waals surface area (Å²) in [5.74, 6) is 0.445. The Labute approximate surface area is 108 Å². The SMILES string of the molecule is CC(C)(C)OC(=O)NNc1cnc(CBr)cn1. The second kappa shape index (κ2) is 5.81. The molecule has 7 heteroatoms. The minimum atomic E-state index is -0.566. The minimum Gasteiger partial charge on any atom is -0.443 e. The van der Waals surface area contributed by atoms with Crippen molar-refractivity contribution < 1.29 is 9.53 Å². The molecular formula is C10H15BrN4O2. The lowest BCUT2D eigenvalue weighted by atomic mass is 10.2. The van der Waals surface area contributed by atoms with E-state index >= 15 is 0 Å². The van der Waals surface area contributed by atoms with Gasteiger partial charge in [0, 0.05) is 5.33 Å². The standard InChI is InChI=1S/C10H15BrN4O2/c1-10(2,3)17-9(16)15-14-8-6-12-7(4-11)5-13-8/h5-6H,4H2,1-3H3,(H,13,14)(H,15,16). The highest BCUT2D eigenvalue weighted by molar-refractivity contribution is 9.08. The minimum absolute atomic E-state index is 0.445. The number of rotatable bonds is 3. The van der Waals surface area contributed by atoms with E-state index in [-0.39, 0.29) is 0 Å². The highest BCUT2D eigenvalue weighted by Crippen LogP contribution is 2.07. The molecule has 0 aliphatic rings. The van der Waals surface area contributed by atoms with Crippen LogP contribution in [0.15, 0.2) is 12.4 Å². The van der Waals surface area contributed by atoms with Crippen LogP contribution in [0.1, 0.15) is 26.5 Å². The molecule has 1 heterocycles. The first kappa shape index (κ1) is 13.7. The van der Waals surface area contributed by atoms with Crippen molar-refractivity contribution in [3.63, 3.8) is 0 Å². The lowest BCUT2D eigenvalue weighted by Gasteiger charge is -2.19. The quantitative estimate of drug-likeness (QED) is 0.661. The Morgan fingerprint density at radius 2 is 2.12 bits per heavy atom. The van der Waals surface area contributed by atoms with Crippen LogP contribution in [0.3, 0.4) is 0 Å². The topological polar surface area (TPSA) is 76.1 Å². The van der Waals surface area contributed by atoms with Gasteiger partial charge in [-0.2, -0.15) is 0 Å². The van der Waals surface area contributed by atoms with Crippen LogP contribution in [0, 0.1) is 0 Å². The van der Waals surface area contributed by atoms with E-state index in [1.807, 2.05) is 0 Å². The molecule has 1 aromatic rings. The summed E-state index contributed by atoms with van der Waals surface area (Å²) in [4.78, 5) is 19.4. The number of carbonyl (C=O) groups excluding carboxylic acids is 1. The average Bonchev–Trinajstić information content (AvgIpc) is 2.25. The predicted molar refractivity (Wildman–Crippen MR) is 67.7 cm³/mol. The summed E-state index contributed by atoms with van der Waals surface area (Å²) in [6.45, 7) is 5.37. The zero-order chi connectivity index (χ0) is 12.9. The van der Waals surface area contributed by atoms with Gasteiger partial charge in [0.15, 0.2) is 5.82 Å². The molecule has 0 fully saturated rings. The summed E-state index contributed by atoms with van der Waals surface area (Å²) in [5.41, 5.74) is 5.25. The summed E-state index contributed by atoms with van der Waals surface area (Å²) in [7, 11) is 0. The van der Waals surface area contributed by atoms with E-state index in [2.05, 4.69) is 36.7 Å². The lowest BCUT2D eigenvalue weighted by molar-refractivity contribution is 0.0541. The molecule has 1 aromatic heterocycles. The van der Waals surface area contributed by atoms with E-state index in [9.17, 15) is 4.79 Å². The Bertz CT molecular complexity index is 375. The molecule has 94 valence electrons. The second-order valence-electron chi connectivity index (χ2n) is 4.28. The number of nitrogens with one attached hydrogen (secondary N) is 2. The average molecular weight is 303 g/mol. The number of carbonyl (C=O) groups is 1. The zero-order valence-electron chi connectivity index (χ0n) is 9.95. The fraction of sp³-hybridized carbons (Fsp3) is 0.500. The fourth-order valence-corrected chi connectivity index (χ4v) is 1.20. The fourth-order valence-electron chi connectivity index (χ4n) is 0.907. The highest BCUT2D eigenvalue weighted by atomic mass is 79.9. The van der Waals surface area contributed by atoms with E-state index < -0.39 is 11.7 Å². The first-order valence-electron chi connectivity index (χ1n) is 5.02. The van der Waals surface area contributed by atoms with Gasteiger partial charge in [0.1, 0.15) is 5.60 Å². The maximum atomic E-state index is 11.3. The summed E-state index contributed by atoms with van der Waals surface area (Å²) in [6, 6.07) is 0. The summed E-state index contributed by atoms with van der Waals surface area (Å²) in [5, 5.41) is 0.639. The van der Waals surface area contributed by atoms with Crippen LogP contribution in [-0.4, -0.2) is 21.7 Å². The third kappa shape index (κ3) is 5.48. The first-order valence-corrected chi connectivity index (χ1v) is 6.15. The number of amides is 1. The van der Waals surface area contributed by atoms with Crippen LogP contribution >= 0.6 is 15.9 Å². The van der Waals surface area contributed by atoms with Gasteiger partial charge in [-0.3, -0.25) is 10.4 Å².